The third-order valence-electron chi connectivity index (χ3n) is 6.73. The lowest BCUT2D eigenvalue weighted by Crippen LogP contribution is -2.29. The van der Waals surface area contributed by atoms with Crippen LogP contribution in [-0.4, -0.2) is 24.0 Å². The number of ether oxygens (including phenoxy) is 1. The number of para-hydroxylation sites is 1. The zero-order valence-electron chi connectivity index (χ0n) is 22.1. The number of carbonyl (C=O) groups excluding carboxylic acids is 1. The van der Waals surface area contributed by atoms with Gasteiger partial charge in [0, 0.05) is 24.0 Å². The molecule has 0 bridgehead atoms. The number of fused-ring (bicyclic) bond motifs is 1. The molecule has 1 aromatic heterocycles. The summed E-state index contributed by atoms with van der Waals surface area (Å²) >= 11 is 0. The molecule has 5 nitrogen and oxygen atoms in total. The topological polar surface area (TPSA) is 63.2 Å². The Balaban J connectivity index is 1.49. The summed E-state index contributed by atoms with van der Waals surface area (Å²) in [4.78, 5) is 19.0. The van der Waals surface area contributed by atoms with Gasteiger partial charge in [0.25, 0.3) is 5.91 Å². The summed E-state index contributed by atoms with van der Waals surface area (Å²) in [7, 11) is 0. The van der Waals surface area contributed by atoms with E-state index < -0.39 is 0 Å². The van der Waals surface area contributed by atoms with E-state index in [1.807, 2.05) is 103 Å². The first-order valence-corrected chi connectivity index (χ1v) is 13.5. The minimum absolute atomic E-state index is 0.119. The molecule has 0 unspecified atom stereocenters. The van der Waals surface area contributed by atoms with E-state index >= 15 is 0 Å². The van der Waals surface area contributed by atoms with Crippen LogP contribution in [0.5, 0.6) is 5.75 Å². The van der Waals surface area contributed by atoms with E-state index in [1.165, 1.54) is 5.56 Å². The van der Waals surface area contributed by atoms with Crippen molar-refractivity contribution in [1.29, 1.82) is 0 Å². The molecular weight excluding hydrogens is 482 g/mol. The second kappa shape index (κ2) is 12.9. The molecule has 4 aromatic carbocycles. The maximum Gasteiger partial charge on any atom is 0.256 e. The van der Waals surface area contributed by atoms with E-state index in [-0.39, 0.29) is 11.9 Å². The number of amides is 1. The third kappa shape index (κ3) is 6.33. The highest BCUT2D eigenvalue weighted by Crippen LogP contribution is 2.37. The number of hydrogen-bond donors (Lipinski definition) is 2. The number of carbonyl (C=O) groups is 1. The van der Waals surface area contributed by atoms with Gasteiger partial charge in [0.2, 0.25) is 0 Å². The van der Waals surface area contributed by atoms with Gasteiger partial charge in [0.1, 0.15) is 12.3 Å². The number of nitrogens with one attached hydrogen (secondary N) is 2. The van der Waals surface area contributed by atoms with E-state index in [0.717, 1.165) is 35.0 Å². The summed E-state index contributed by atoms with van der Waals surface area (Å²) in [6, 6.07) is 37.9. The van der Waals surface area contributed by atoms with Crippen LogP contribution in [0.3, 0.4) is 0 Å². The Bertz CT molecular complexity index is 1510. The van der Waals surface area contributed by atoms with Crippen molar-refractivity contribution in [2.75, 3.05) is 13.2 Å². The molecule has 0 spiro atoms. The van der Waals surface area contributed by atoms with Crippen molar-refractivity contribution in [3.63, 3.8) is 0 Å². The number of benzene rings is 4. The van der Waals surface area contributed by atoms with Gasteiger partial charge in [-0.2, -0.15) is 0 Å². The molecule has 1 heterocycles. The standard InChI is InChI=1S/C34H33N3O2/c1-2-29(26-16-8-4-9-17-26)37-34(38)31-28-20-12-13-21-30(28)36-32(27-18-10-5-11-19-27)33(31)39-23-22-35-24-25-14-6-3-7-15-25/h3-21,29,35H,2,22-24H2,1H3,(H,37,38)/t29-/m0/s1. The van der Waals surface area contributed by atoms with Gasteiger partial charge in [-0.15, -0.1) is 0 Å². The lowest BCUT2D eigenvalue weighted by atomic mass is 10.00. The van der Waals surface area contributed by atoms with Crippen LogP contribution >= 0.6 is 0 Å². The molecule has 39 heavy (non-hydrogen) atoms. The van der Waals surface area contributed by atoms with Crippen LogP contribution in [0.4, 0.5) is 0 Å². The predicted molar refractivity (Wildman–Crippen MR) is 158 cm³/mol. The van der Waals surface area contributed by atoms with Crippen molar-refractivity contribution in [2.24, 2.45) is 0 Å². The number of hydrogen-bond acceptors (Lipinski definition) is 4. The molecule has 0 aliphatic carbocycles. The molecule has 0 radical (unpaired) electrons. The van der Waals surface area contributed by atoms with Crippen LogP contribution in [0.25, 0.3) is 22.2 Å². The molecule has 0 saturated carbocycles. The van der Waals surface area contributed by atoms with Gasteiger partial charge < -0.3 is 15.4 Å². The Morgan fingerprint density at radius 1 is 0.821 bits per heavy atom. The molecule has 196 valence electrons. The van der Waals surface area contributed by atoms with Gasteiger partial charge in [0.15, 0.2) is 5.75 Å². The van der Waals surface area contributed by atoms with Crippen molar-refractivity contribution in [1.82, 2.24) is 15.6 Å². The zero-order chi connectivity index (χ0) is 26.9. The van der Waals surface area contributed by atoms with Crippen molar-refractivity contribution >= 4 is 16.8 Å². The molecule has 1 amide bonds. The van der Waals surface area contributed by atoms with Crippen LogP contribution in [0, 0.1) is 0 Å². The number of aromatic nitrogens is 1. The molecule has 0 aliphatic heterocycles. The summed E-state index contributed by atoms with van der Waals surface area (Å²) in [6.07, 6.45) is 0.768. The minimum atomic E-state index is -0.172. The Labute approximate surface area is 229 Å². The van der Waals surface area contributed by atoms with Crippen LogP contribution in [0.15, 0.2) is 115 Å². The molecule has 2 N–H and O–H groups in total. The second-order valence-corrected chi connectivity index (χ2v) is 9.40. The first-order chi connectivity index (χ1) is 19.2. The van der Waals surface area contributed by atoms with Crippen LogP contribution in [0.2, 0.25) is 0 Å². The first kappa shape index (κ1) is 26.1. The maximum absolute atomic E-state index is 14.0. The smallest absolute Gasteiger partial charge is 0.256 e. The first-order valence-electron chi connectivity index (χ1n) is 13.5. The molecular formula is C34H33N3O2. The lowest BCUT2D eigenvalue weighted by Gasteiger charge is -2.21. The Kier molecular flexibility index (Phi) is 8.61. The van der Waals surface area contributed by atoms with E-state index in [2.05, 4.69) is 29.7 Å². The fourth-order valence-corrected chi connectivity index (χ4v) is 4.74. The summed E-state index contributed by atoms with van der Waals surface area (Å²) in [5.41, 5.74) is 5.11. The van der Waals surface area contributed by atoms with Crippen molar-refractivity contribution in [3.8, 4) is 17.0 Å². The Morgan fingerprint density at radius 3 is 2.18 bits per heavy atom. The number of pyridine rings is 1. The van der Waals surface area contributed by atoms with Gasteiger partial charge >= 0.3 is 0 Å². The van der Waals surface area contributed by atoms with E-state index in [4.69, 9.17) is 9.72 Å². The molecule has 5 heteroatoms. The zero-order valence-corrected chi connectivity index (χ0v) is 22.1. The average Bonchev–Trinajstić information content (AvgIpc) is 3.00. The average molecular weight is 516 g/mol. The quantitative estimate of drug-likeness (QED) is 0.187. The van der Waals surface area contributed by atoms with Gasteiger partial charge in [-0.3, -0.25) is 4.79 Å². The maximum atomic E-state index is 14.0. The molecule has 5 aromatic rings. The van der Waals surface area contributed by atoms with Crippen LogP contribution in [-0.2, 0) is 6.54 Å². The molecule has 1 atom stereocenters. The fourth-order valence-electron chi connectivity index (χ4n) is 4.74. The Hall–Kier alpha value is -4.48. The normalized spacial score (nSPS) is 11.7. The highest BCUT2D eigenvalue weighted by Gasteiger charge is 2.25. The summed E-state index contributed by atoms with van der Waals surface area (Å²) < 4.78 is 6.42. The molecule has 5 rings (SSSR count). The SMILES string of the molecule is CC[C@H](NC(=O)c1c(OCCNCc2ccccc2)c(-c2ccccc2)nc2ccccc12)c1ccccc1. The van der Waals surface area contributed by atoms with E-state index in [0.29, 0.717) is 30.2 Å². The highest BCUT2D eigenvalue weighted by molar-refractivity contribution is 6.10. The Morgan fingerprint density at radius 2 is 1.46 bits per heavy atom. The van der Waals surface area contributed by atoms with E-state index in [9.17, 15) is 4.79 Å². The van der Waals surface area contributed by atoms with Crippen molar-refractivity contribution < 1.29 is 9.53 Å². The lowest BCUT2D eigenvalue weighted by molar-refractivity contribution is 0.0933. The summed E-state index contributed by atoms with van der Waals surface area (Å²) in [6.45, 7) is 3.84. The van der Waals surface area contributed by atoms with Crippen molar-refractivity contribution in [2.45, 2.75) is 25.9 Å². The van der Waals surface area contributed by atoms with Gasteiger partial charge in [0.05, 0.1) is 17.1 Å². The number of rotatable bonds is 11. The van der Waals surface area contributed by atoms with Gasteiger partial charge in [-0.1, -0.05) is 116 Å². The third-order valence-corrected chi connectivity index (χ3v) is 6.73. The predicted octanol–water partition coefficient (Wildman–Crippen LogP) is 6.95. The number of nitrogens with zero attached hydrogens (tertiary/aromatic N) is 1. The van der Waals surface area contributed by atoms with Gasteiger partial charge in [-0.25, -0.2) is 4.98 Å². The second-order valence-electron chi connectivity index (χ2n) is 9.40. The largest absolute Gasteiger partial charge is 0.489 e. The minimum Gasteiger partial charge on any atom is -0.489 e. The fraction of sp³-hybridized carbons (Fsp3) is 0.176. The van der Waals surface area contributed by atoms with E-state index in [1.54, 1.807) is 0 Å². The van der Waals surface area contributed by atoms with Crippen LogP contribution < -0.4 is 15.4 Å². The molecule has 0 saturated heterocycles. The summed E-state index contributed by atoms with van der Waals surface area (Å²) in [5, 5.41) is 7.47. The molecule has 0 aliphatic rings. The van der Waals surface area contributed by atoms with Crippen LogP contribution in [0.1, 0.15) is 40.9 Å². The monoisotopic (exact) mass is 515 g/mol. The van der Waals surface area contributed by atoms with Crippen molar-refractivity contribution in [3.05, 3.63) is 132 Å². The van der Waals surface area contributed by atoms with Gasteiger partial charge in [-0.05, 0) is 23.6 Å². The molecule has 0 fully saturated rings. The summed E-state index contributed by atoms with van der Waals surface area (Å²) in [5.74, 6) is 0.329. The highest BCUT2D eigenvalue weighted by atomic mass is 16.5.